The number of benzene rings is 2. The molecule has 0 bridgehead atoms. The summed E-state index contributed by atoms with van der Waals surface area (Å²) in [5.41, 5.74) is 9.92. The van der Waals surface area contributed by atoms with Gasteiger partial charge in [-0.15, -0.1) is 0 Å². The molecule has 2 aliphatic heterocycles. The van der Waals surface area contributed by atoms with E-state index in [1.165, 1.54) is 0 Å². The first kappa shape index (κ1) is 18.7. The first-order chi connectivity index (χ1) is 13.1. The van der Waals surface area contributed by atoms with Crippen molar-refractivity contribution in [1.82, 2.24) is 10.6 Å². The molecule has 0 aromatic heterocycles. The highest BCUT2D eigenvalue weighted by Gasteiger charge is 2.34. The van der Waals surface area contributed by atoms with Crippen LogP contribution in [-0.2, 0) is 4.79 Å². The van der Waals surface area contributed by atoms with Gasteiger partial charge in [0.1, 0.15) is 0 Å². The number of anilines is 1. The Morgan fingerprint density at radius 2 is 1.93 bits per heavy atom. The van der Waals surface area contributed by atoms with Gasteiger partial charge in [-0.1, -0.05) is 35.9 Å². The molecule has 2 aromatic carbocycles. The third-order valence-corrected chi connectivity index (χ3v) is 6.98. The van der Waals surface area contributed by atoms with Crippen LogP contribution in [0.1, 0.15) is 41.5 Å². The Balaban J connectivity index is 1.62. The Hall–Kier alpha value is -1.69. The topological polar surface area (TPSA) is 67.1 Å². The molecule has 4 nitrogen and oxygen atoms in total. The van der Waals surface area contributed by atoms with E-state index in [4.69, 9.17) is 17.3 Å². The highest BCUT2D eigenvalue weighted by Crippen LogP contribution is 2.39. The lowest BCUT2D eigenvalue weighted by atomic mass is 9.81. The second-order valence-corrected chi connectivity index (χ2v) is 9.02. The minimum absolute atomic E-state index is 0.0758. The quantitative estimate of drug-likeness (QED) is 0.683. The van der Waals surface area contributed by atoms with Crippen molar-refractivity contribution < 1.29 is 4.79 Å². The minimum Gasteiger partial charge on any atom is -0.398 e. The lowest BCUT2D eigenvalue weighted by Gasteiger charge is -2.34. The average Bonchev–Trinajstić information content (AvgIpc) is 2.69. The van der Waals surface area contributed by atoms with Crippen LogP contribution in [0, 0.1) is 0 Å². The van der Waals surface area contributed by atoms with Gasteiger partial charge in [-0.05, 0) is 42.2 Å². The SMILES string of the molecule is Nc1ccc(Cl)cc1C1NC(=O)C(CCC2CNCCS2)c2ccccc21. The highest BCUT2D eigenvalue weighted by atomic mass is 35.5. The number of halogens is 1. The van der Waals surface area contributed by atoms with Crippen LogP contribution in [0.4, 0.5) is 5.69 Å². The predicted molar refractivity (Wildman–Crippen MR) is 113 cm³/mol. The fourth-order valence-corrected chi connectivity index (χ4v) is 5.35. The lowest BCUT2D eigenvalue weighted by Crippen LogP contribution is -2.40. The summed E-state index contributed by atoms with van der Waals surface area (Å²) in [4.78, 5) is 13.0. The number of fused-ring (bicyclic) bond motifs is 1. The van der Waals surface area contributed by atoms with Crippen LogP contribution >= 0.6 is 23.4 Å². The Labute approximate surface area is 169 Å². The van der Waals surface area contributed by atoms with Gasteiger partial charge in [-0.3, -0.25) is 4.79 Å². The largest absolute Gasteiger partial charge is 0.398 e. The van der Waals surface area contributed by atoms with Crippen LogP contribution in [0.25, 0.3) is 0 Å². The monoisotopic (exact) mass is 401 g/mol. The summed E-state index contributed by atoms with van der Waals surface area (Å²) in [6.07, 6.45) is 1.90. The van der Waals surface area contributed by atoms with Crippen LogP contribution in [0.2, 0.25) is 5.02 Å². The van der Waals surface area contributed by atoms with E-state index in [1.54, 1.807) is 12.1 Å². The molecular formula is C21H24ClN3OS. The molecule has 3 atom stereocenters. The van der Waals surface area contributed by atoms with Crippen molar-refractivity contribution in [2.75, 3.05) is 24.6 Å². The van der Waals surface area contributed by atoms with Crippen molar-refractivity contribution in [3.05, 3.63) is 64.2 Å². The minimum atomic E-state index is -0.255. The summed E-state index contributed by atoms with van der Waals surface area (Å²) >= 11 is 8.20. The second kappa shape index (κ2) is 8.13. The molecule has 0 aliphatic carbocycles. The van der Waals surface area contributed by atoms with E-state index in [2.05, 4.69) is 22.8 Å². The van der Waals surface area contributed by atoms with Crippen molar-refractivity contribution in [1.29, 1.82) is 0 Å². The van der Waals surface area contributed by atoms with E-state index >= 15 is 0 Å². The first-order valence-electron chi connectivity index (χ1n) is 9.40. The molecule has 4 rings (SSSR count). The van der Waals surface area contributed by atoms with Crippen molar-refractivity contribution in [2.45, 2.75) is 30.1 Å². The maximum absolute atomic E-state index is 13.0. The highest BCUT2D eigenvalue weighted by molar-refractivity contribution is 8.00. The predicted octanol–water partition coefficient (Wildman–Crippen LogP) is 3.71. The van der Waals surface area contributed by atoms with Crippen molar-refractivity contribution in [3.8, 4) is 0 Å². The third kappa shape index (κ3) is 3.96. The number of nitrogen functional groups attached to an aromatic ring is 1. The standard InChI is InChI=1S/C21H24ClN3OS/c22-13-5-8-19(23)18(11-13)20-16-4-2-1-3-15(16)17(21(26)25-20)7-6-14-12-24-9-10-27-14/h1-5,8,11,14,17,20,24H,6-7,9-10,12,23H2,(H,25,26). The molecule has 0 radical (unpaired) electrons. The van der Waals surface area contributed by atoms with Gasteiger partial charge >= 0.3 is 0 Å². The first-order valence-corrected chi connectivity index (χ1v) is 10.8. The molecule has 2 aromatic rings. The summed E-state index contributed by atoms with van der Waals surface area (Å²) in [5, 5.41) is 7.84. The van der Waals surface area contributed by atoms with Gasteiger partial charge in [-0.25, -0.2) is 0 Å². The number of rotatable bonds is 4. The summed E-state index contributed by atoms with van der Waals surface area (Å²) < 4.78 is 0. The number of nitrogens with two attached hydrogens (primary N) is 1. The summed E-state index contributed by atoms with van der Waals surface area (Å²) in [6, 6.07) is 13.4. The summed E-state index contributed by atoms with van der Waals surface area (Å²) in [7, 11) is 0. The van der Waals surface area contributed by atoms with Crippen molar-refractivity contribution >= 4 is 35.0 Å². The number of nitrogens with one attached hydrogen (secondary N) is 2. The molecule has 0 saturated carbocycles. The number of amides is 1. The smallest absolute Gasteiger partial charge is 0.228 e. The van der Waals surface area contributed by atoms with E-state index < -0.39 is 0 Å². The maximum atomic E-state index is 13.0. The van der Waals surface area contributed by atoms with Crippen LogP contribution in [0.3, 0.4) is 0 Å². The zero-order chi connectivity index (χ0) is 18.8. The van der Waals surface area contributed by atoms with E-state index in [1.807, 2.05) is 30.0 Å². The van der Waals surface area contributed by atoms with Crippen molar-refractivity contribution in [3.63, 3.8) is 0 Å². The number of carbonyl (C=O) groups excluding carboxylic acids is 1. The Morgan fingerprint density at radius 1 is 1.11 bits per heavy atom. The van der Waals surface area contributed by atoms with Gasteiger partial charge in [0, 0.05) is 40.4 Å². The molecule has 4 N–H and O–H groups in total. The molecular weight excluding hydrogens is 378 g/mol. The molecule has 1 fully saturated rings. The number of hydrogen-bond donors (Lipinski definition) is 3. The summed E-state index contributed by atoms with van der Waals surface area (Å²) in [5.74, 6) is 1.11. The van der Waals surface area contributed by atoms with Gasteiger partial charge < -0.3 is 16.4 Å². The molecule has 3 unspecified atom stereocenters. The molecule has 142 valence electrons. The molecule has 1 amide bonds. The third-order valence-electron chi connectivity index (χ3n) is 5.43. The van der Waals surface area contributed by atoms with Crippen LogP contribution < -0.4 is 16.4 Å². The van der Waals surface area contributed by atoms with Crippen LogP contribution in [-0.4, -0.2) is 30.0 Å². The normalized spacial score (nSPS) is 24.9. The average molecular weight is 402 g/mol. The fourth-order valence-electron chi connectivity index (χ4n) is 4.04. The maximum Gasteiger partial charge on any atom is 0.228 e. The van der Waals surface area contributed by atoms with Crippen LogP contribution in [0.5, 0.6) is 0 Å². The second-order valence-electron chi connectivity index (χ2n) is 7.17. The molecule has 0 spiro atoms. The van der Waals surface area contributed by atoms with Gasteiger partial charge in [-0.2, -0.15) is 11.8 Å². The van der Waals surface area contributed by atoms with E-state index in [9.17, 15) is 4.79 Å². The fraction of sp³-hybridized carbons (Fsp3) is 0.381. The van der Waals surface area contributed by atoms with E-state index in [0.29, 0.717) is 16.0 Å². The van der Waals surface area contributed by atoms with Gasteiger partial charge in [0.15, 0.2) is 0 Å². The Bertz CT molecular complexity index is 838. The Morgan fingerprint density at radius 3 is 2.70 bits per heavy atom. The summed E-state index contributed by atoms with van der Waals surface area (Å²) in [6.45, 7) is 2.11. The Kier molecular flexibility index (Phi) is 5.62. The molecule has 2 heterocycles. The van der Waals surface area contributed by atoms with Gasteiger partial charge in [0.25, 0.3) is 0 Å². The van der Waals surface area contributed by atoms with E-state index in [-0.39, 0.29) is 17.9 Å². The van der Waals surface area contributed by atoms with Crippen molar-refractivity contribution in [2.24, 2.45) is 0 Å². The van der Waals surface area contributed by atoms with Gasteiger partial charge in [0.2, 0.25) is 5.91 Å². The molecule has 1 saturated heterocycles. The number of hydrogen-bond acceptors (Lipinski definition) is 4. The zero-order valence-electron chi connectivity index (χ0n) is 15.1. The molecule has 6 heteroatoms. The zero-order valence-corrected chi connectivity index (χ0v) is 16.7. The molecule has 2 aliphatic rings. The van der Waals surface area contributed by atoms with Gasteiger partial charge in [0.05, 0.1) is 12.0 Å². The lowest BCUT2D eigenvalue weighted by molar-refractivity contribution is -0.123. The number of carbonyl (C=O) groups is 1. The number of thioether (sulfide) groups is 1. The molecule has 27 heavy (non-hydrogen) atoms. The van der Waals surface area contributed by atoms with Crippen LogP contribution in [0.15, 0.2) is 42.5 Å². The van der Waals surface area contributed by atoms with E-state index in [0.717, 1.165) is 48.4 Å².